The van der Waals surface area contributed by atoms with Gasteiger partial charge in [0.1, 0.15) is 13.2 Å². The minimum Gasteiger partial charge on any atom is -0.306 e. The predicted octanol–water partition coefficient (Wildman–Crippen LogP) is 3.03. The fraction of sp³-hybridized carbons (Fsp3) is 0.684. The number of hydrogen-bond donors (Lipinski definition) is 0. The number of rotatable bonds is 8. The molecule has 0 bridgehead atoms. The monoisotopic (exact) mass is 304 g/mol. The van der Waals surface area contributed by atoms with Gasteiger partial charge in [0.15, 0.2) is 0 Å². The van der Waals surface area contributed by atoms with Crippen LogP contribution in [0.4, 0.5) is 0 Å². The molecule has 1 aromatic rings. The summed E-state index contributed by atoms with van der Waals surface area (Å²) in [5.74, 6) is 0. The minimum atomic E-state index is 1.18. The zero-order chi connectivity index (χ0) is 15.8. The summed E-state index contributed by atoms with van der Waals surface area (Å²) in [4.78, 5) is 5.13. The van der Waals surface area contributed by atoms with Crippen molar-refractivity contribution in [1.29, 1.82) is 0 Å². The van der Waals surface area contributed by atoms with Crippen molar-refractivity contribution in [2.24, 2.45) is 0 Å². The van der Waals surface area contributed by atoms with Gasteiger partial charge in [0.05, 0.1) is 13.1 Å². The summed E-state index contributed by atoms with van der Waals surface area (Å²) in [6.45, 7) is 14.4. The van der Waals surface area contributed by atoms with Gasteiger partial charge in [-0.05, 0) is 20.0 Å². The normalized spacial score (nSPS) is 23.1. The van der Waals surface area contributed by atoms with Crippen LogP contribution in [0.15, 0.2) is 30.3 Å². The van der Waals surface area contributed by atoms with Crippen LogP contribution in [0.1, 0.15) is 32.3 Å². The minimum absolute atomic E-state index is 1.18. The molecule has 0 aliphatic carbocycles. The lowest BCUT2D eigenvalue weighted by atomic mass is 10.1. The van der Waals surface area contributed by atoms with Crippen molar-refractivity contribution in [1.82, 2.24) is 9.80 Å². The summed E-state index contributed by atoms with van der Waals surface area (Å²) >= 11 is 0. The molecule has 1 heterocycles. The van der Waals surface area contributed by atoms with E-state index < -0.39 is 0 Å². The molecule has 124 valence electrons. The smallest absolute Gasteiger partial charge is 0.135 e. The standard InChI is InChI=1S/C19H34N3/c1-4-12-20(3)14-16-22(15-9-13-21(5-2)18-22)17-19-10-7-6-8-11-19/h6-8,10-11H,4-5,9,12-18H2,1-3H3/q+1. The third kappa shape index (κ3) is 5.08. The quantitative estimate of drug-likeness (QED) is 0.681. The summed E-state index contributed by atoms with van der Waals surface area (Å²) in [5.41, 5.74) is 1.48. The summed E-state index contributed by atoms with van der Waals surface area (Å²) in [6, 6.07) is 11.1. The molecule has 0 spiro atoms. The van der Waals surface area contributed by atoms with Gasteiger partial charge in [0, 0.05) is 31.6 Å². The third-order valence-corrected chi connectivity index (χ3v) is 4.98. The highest BCUT2D eigenvalue weighted by molar-refractivity contribution is 5.13. The van der Waals surface area contributed by atoms with Crippen LogP contribution in [0, 0.1) is 0 Å². The van der Waals surface area contributed by atoms with Crippen LogP contribution in [-0.2, 0) is 6.54 Å². The first-order chi connectivity index (χ1) is 10.7. The van der Waals surface area contributed by atoms with Crippen LogP contribution in [-0.4, -0.2) is 67.3 Å². The Morgan fingerprint density at radius 3 is 2.59 bits per heavy atom. The fourth-order valence-electron chi connectivity index (χ4n) is 3.69. The van der Waals surface area contributed by atoms with E-state index in [0.29, 0.717) is 0 Å². The molecule has 22 heavy (non-hydrogen) atoms. The maximum atomic E-state index is 2.63. The first-order valence-electron chi connectivity index (χ1n) is 8.97. The zero-order valence-corrected chi connectivity index (χ0v) is 14.8. The number of benzene rings is 1. The van der Waals surface area contributed by atoms with E-state index in [0.717, 1.165) is 0 Å². The number of hydrogen-bond acceptors (Lipinski definition) is 2. The topological polar surface area (TPSA) is 6.48 Å². The molecule has 1 aromatic carbocycles. The van der Waals surface area contributed by atoms with Crippen molar-refractivity contribution >= 4 is 0 Å². The fourth-order valence-corrected chi connectivity index (χ4v) is 3.69. The molecule has 3 heteroatoms. The molecule has 0 N–H and O–H groups in total. The van der Waals surface area contributed by atoms with E-state index >= 15 is 0 Å². The maximum absolute atomic E-state index is 2.63. The molecule has 1 unspecified atom stereocenters. The Kier molecular flexibility index (Phi) is 6.87. The van der Waals surface area contributed by atoms with Crippen LogP contribution in [0.3, 0.4) is 0 Å². The number of quaternary nitrogens is 1. The lowest BCUT2D eigenvalue weighted by Gasteiger charge is -2.46. The summed E-state index contributed by atoms with van der Waals surface area (Å²) < 4.78 is 1.23. The van der Waals surface area contributed by atoms with E-state index in [-0.39, 0.29) is 0 Å². The summed E-state index contributed by atoms with van der Waals surface area (Å²) in [7, 11) is 2.27. The van der Waals surface area contributed by atoms with Crippen LogP contribution < -0.4 is 0 Å². The molecule has 1 fully saturated rings. The average Bonchev–Trinajstić information content (AvgIpc) is 2.54. The Bertz CT molecular complexity index is 420. The predicted molar refractivity (Wildman–Crippen MR) is 94.7 cm³/mol. The lowest BCUT2D eigenvalue weighted by Crippen LogP contribution is -2.60. The van der Waals surface area contributed by atoms with Gasteiger partial charge in [-0.2, -0.15) is 0 Å². The van der Waals surface area contributed by atoms with Crippen molar-refractivity contribution in [3.63, 3.8) is 0 Å². The molecule has 1 saturated heterocycles. The van der Waals surface area contributed by atoms with Gasteiger partial charge in [0.2, 0.25) is 0 Å². The van der Waals surface area contributed by atoms with E-state index in [9.17, 15) is 0 Å². The van der Waals surface area contributed by atoms with Crippen LogP contribution in [0.5, 0.6) is 0 Å². The van der Waals surface area contributed by atoms with Crippen LogP contribution in [0.2, 0.25) is 0 Å². The lowest BCUT2D eigenvalue weighted by molar-refractivity contribution is -0.954. The van der Waals surface area contributed by atoms with Gasteiger partial charge in [-0.3, -0.25) is 4.90 Å². The molecule has 0 aromatic heterocycles. The number of nitrogens with zero attached hydrogens (tertiary/aromatic N) is 3. The van der Waals surface area contributed by atoms with Gasteiger partial charge >= 0.3 is 0 Å². The molecule has 1 atom stereocenters. The van der Waals surface area contributed by atoms with Crippen molar-refractivity contribution < 1.29 is 4.48 Å². The summed E-state index contributed by atoms with van der Waals surface area (Å²) in [5, 5.41) is 0. The zero-order valence-electron chi connectivity index (χ0n) is 14.8. The molecular formula is C19H34N3+. The Balaban J connectivity index is 2.06. The van der Waals surface area contributed by atoms with Crippen molar-refractivity contribution in [2.75, 3.05) is 53.0 Å². The average molecular weight is 305 g/mol. The van der Waals surface area contributed by atoms with Gasteiger partial charge < -0.3 is 9.38 Å². The number of likely N-dealkylation sites (N-methyl/N-ethyl adjacent to an activating group) is 1. The van der Waals surface area contributed by atoms with E-state index in [1.165, 1.54) is 75.4 Å². The highest BCUT2D eigenvalue weighted by Crippen LogP contribution is 2.21. The second kappa shape index (κ2) is 8.66. The van der Waals surface area contributed by atoms with Gasteiger partial charge in [-0.15, -0.1) is 0 Å². The van der Waals surface area contributed by atoms with E-state index in [1.54, 1.807) is 0 Å². The first-order valence-corrected chi connectivity index (χ1v) is 8.97. The molecule has 0 amide bonds. The molecule has 1 aliphatic heterocycles. The highest BCUT2D eigenvalue weighted by atomic mass is 15.5. The molecule has 0 radical (unpaired) electrons. The highest BCUT2D eigenvalue weighted by Gasteiger charge is 2.33. The van der Waals surface area contributed by atoms with Crippen molar-refractivity contribution in [2.45, 2.75) is 33.2 Å². The molecular weight excluding hydrogens is 270 g/mol. The first kappa shape index (κ1) is 17.5. The SMILES string of the molecule is CCCN(C)CC[N+]1(Cc2ccccc2)CCCN(CC)C1. The van der Waals surface area contributed by atoms with E-state index in [1.807, 2.05) is 0 Å². The van der Waals surface area contributed by atoms with Gasteiger partial charge in [-0.1, -0.05) is 44.2 Å². The second-order valence-corrected chi connectivity index (χ2v) is 6.94. The van der Waals surface area contributed by atoms with Gasteiger partial charge in [-0.25, -0.2) is 0 Å². The third-order valence-electron chi connectivity index (χ3n) is 4.98. The summed E-state index contributed by atoms with van der Waals surface area (Å²) in [6.07, 6.45) is 2.58. The molecule has 1 aliphatic rings. The van der Waals surface area contributed by atoms with E-state index in [2.05, 4.69) is 61.0 Å². The largest absolute Gasteiger partial charge is 0.306 e. The maximum Gasteiger partial charge on any atom is 0.135 e. The molecule has 3 nitrogen and oxygen atoms in total. The molecule has 0 saturated carbocycles. The van der Waals surface area contributed by atoms with Crippen molar-refractivity contribution in [3.8, 4) is 0 Å². The van der Waals surface area contributed by atoms with Gasteiger partial charge in [0.25, 0.3) is 0 Å². The Morgan fingerprint density at radius 1 is 1.14 bits per heavy atom. The Labute approximate surface area is 137 Å². The van der Waals surface area contributed by atoms with Crippen LogP contribution in [0.25, 0.3) is 0 Å². The second-order valence-electron chi connectivity index (χ2n) is 6.94. The Morgan fingerprint density at radius 2 is 1.91 bits per heavy atom. The van der Waals surface area contributed by atoms with Crippen LogP contribution >= 0.6 is 0 Å². The Hall–Kier alpha value is -0.900. The van der Waals surface area contributed by atoms with E-state index in [4.69, 9.17) is 0 Å². The van der Waals surface area contributed by atoms with Crippen molar-refractivity contribution in [3.05, 3.63) is 35.9 Å². The molecule has 2 rings (SSSR count).